The van der Waals surface area contributed by atoms with Gasteiger partial charge in [0.1, 0.15) is 0 Å². The fourth-order valence-electron chi connectivity index (χ4n) is 2.26. The SMILES string of the molecule is CC(C)(C)c1ccc(/C=C(\C#N)c2ccc(C(F)(F)F)cc2)cc1. The molecular formula is C20H18F3N. The molecule has 0 aliphatic heterocycles. The molecule has 2 aromatic carbocycles. The number of hydrogen-bond donors (Lipinski definition) is 0. The van der Waals surface area contributed by atoms with E-state index in [1.807, 2.05) is 30.3 Å². The lowest BCUT2D eigenvalue weighted by atomic mass is 9.86. The molecule has 0 aliphatic carbocycles. The van der Waals surface area contributed by atoms with Gasteiger partial charge in [-0.3, -0.25) is 0 Å². The summed E-state index contributed by atoms with van der Waals surface area (Å²) in [6.07, 6.45) is -2.70. The molecule has 0 atom stereocenters. The summed E-state index contributed by atoms with van der Waals surface area (Å²) in [6, 6.07) is 14.5. The van der Waals surface area contributed by atoms with Crippen molar-refractivity contribution in [2.75, 3.05) is 0 Å². The predicted molar refractivity (Wildman–Crippen MR) is 90.1 cm³/mol. The van der Waals surface area contributed by atoms with E-state index in [0.717, 1.165) is 17.7 Å². The molecule has 0 saturated heterocycles. The van der Waals surface area contributed by atoms with E-state index >= 15 is 0 Å². The Morgan fingerprint density at radius 3 is 1.79 bits per heavy atom. The highest BCUT2D eigenvalue weighted by Crippen LogP contribution is 2.30. The Morgan fingerprint density at radius 2 is 1.38 bits per heavy atom. The van der Waals surface area contributed by atoms with Crippen molar-refractivity contribution in [3.8, 4) is 6.07 Å². The van der Waals surface area contributed by atoms with Crippen LogP contribution >= 0.6 is 0 Å². The fraction of sp³-hybridized carbons (Fsp3) is 0.250. The van der Waals surface area contributed by atoms with Crippen LogP contribution < -0.4 is 0 Å². The topological polar surface area (TPSA) is 23.8 Å². The molecule has 0 N–H and O–H groups in total. The Bertz CT molecular complexity index is 768. The number of nitrogens with zero attached hydrogens (tertiary/aromatic N) is 1. The first kappa shape index (κ1) is 17.8. The van der Waals surface area contributed by atoms with Crippen molar-refractivity contribution in [1.82, 2.24) is 0 Å². The molecule has 2 aromatic rings. The molecule has 0 fully saturated rings. The summed E-state index contributed by atoms with van der Waals surface area (Å²) in [7, 11) is 0. The van der Waals surface area contributed by atoms with E-state index < -0.39 is 11.7 Å². The molecule has 0 heterocycles. The van der Waals surface area contributed by atoms with Gasteiger partial charge in [-0.1, -0.05) is 57.2 Å². The molecule has 0 bridgehead atoms. The Labute approximate surface area is 140 Å². The zero-order chi connectivity index (χ0) is 18.0. The van der Waals surface area contributed by atoms with Gasteiger partial charge < -0.3 is 0 Å². The van der Waals surface area contributed by atoms with E-state index in [4.69, 9.17) is 0 Å². The summed E-state index contributed by atoms with van der Waals surface area (Å²) in [6.45, 7) is 6.34. The fourth-order valence-corrected chi connectivity index (χ4v) is 2.26. The van der Waals surface area contributed by atoms with Crippen molar-refractivity contribution in [2.24, 2.45) is 0 Å². The van der Waals surface area contributed by atoms with E-state index in [-0.39, 0.29) is 5.41 Å². The summed E-state index contributed by atoms with van der Waals surface area (Å²) in [4.78, 5) is 0. The molecule has 0 unspecified atom stereocenters. The van der Waals surface area contributed by atoms with Crippen molar-refractivity contribution in [3.05, 3.63) is 70.8 Å². The Morgan fingerprint density at radius 1 is 0.875 bits per heavy atom. The maximum absolute atomic E-state index is 12.6. The summed E-state index contributed by atoms with van der Waals surface area (Å²) < 4.78 is 37.8. The lowest BCUT2D eigenvalue weighted by Crippen LogP contribution is -2.10. The van der Waals surface area contributed by atoms with Crippen LogP contribution in [0.5, 0.6) is 0 Å². The highest BCUT2D eigenvalue weighted by molar-refractivity contribution is 5.89. The minimum absolute atomic E-state index is 0.0354. The van der Waals surface area contributed by atoms with Crippen LogP contribution in [0.15, 0.2) is 48.5 Å². The molecule has 0 spiro atoms. The van der Waals surface area contributed by atoms with Gasteiger partial charge in [-0.05, 0) is 40.3 Å². The van der Waals surface area contributed by atoms with Crippen molar-refractivity contribution >= 4 is 11.6 Å². The molecule has 0 radical (unpaired) electrons. The van der Waals surface area contributed by atoms with E-state index in [2.05, 4.69) is 20.8 Å². The number of alkyl halides is 3. The third-order valence-corrected chi connectivity index (χ3v) is 3.73. The van der Waals surface area contributed by atoms with Crippen molar-refractivity contribution in [3.63, 3.8) is 0 Å². The number of allylic oxidation sites excluding steroid dienone is 1. The molecular weight excluding hydrogens is 311 g/mol. The lowest BCUT2D eigenvalue weighted by Gasteiger charge is -2.18. The average Bonchev–Trinajstić information content (AvgIpc) is 2.51. The van der Waals surface area contributed by atoms with Crippen molar-refractivity contribution < 1.29 is 13.2 Å². The molecule has 1 nitrogen and oxygen atoms in total. The zero-order valence-electron chi connectivity index (χ0n) is 13.8. The van der Waals surface area contributed by atoms with Gasteiger partial charge in [-0.2, -0.15) is 18.4 Å². The highest BCUT2D eigenvalue weighted by Gasteiger charge is 2.30. The highest BCUT2D eigenvalue weighted by atomic mass is 19.4. The van der Waals surface area contributed by atoms with E-state index in [1.54, 1.807) is 6.08 Å². The standard InChI is InChI=1S/C20H18F3N/c1-19(2,3)17-8-4-14(5-9-17)12-16(13-24)15-6-10-18(11-7-15)20(21,22)23/h4-12H,1-3H3/b16-12+. The van der Waals surface area contributed by atoms with Crippen LogP contribution in [0.3, 0.4) is 0 Å². The van der Waals surface area contributed by atoms with Crippen molar-refractivity contribution in [1.29, 1.82) is 5.26 Å². The van der Waals surface area contributed by atoms with Crippen LogP contribution in [0.4, 0.5) is 13.2 Å². The van der Waals surface area contributed by atoms with Gasteiger partial charge >= 0.3 is 6.18 Å². The van der Waals surface area contributed by atoms with Gasteiger partial charge in [-0.15, -0.1) is 0 Å². The molecule has 0 saturated carbocycles. The maximum atomic E-state index is 12.6. The number of halogens is 3. The molecule has 0 aliphatic rings. The monoisotopic (exact) mass is 329 g/mol. The average molecular weight is 329 g/mol. The van der Waals surface area contributed by atoms with Gasteiger partial charge in [0.2, 0.25) is 0 Å². The third kappa shape index (κ3) is 4.26. The minimum atomic E-state index is -4.38. The molecule has 2 rings (SSSR count). The van der Waals surface area contributed by atoms with Gasteiger partial charge in [0.15, 0.2) is 0 Å². The van der Waals surface area contributed by atoms with Gasteiger partial charge in [-0.25, -0.2) is 0 Å². The maximum Gasteiger partial charge on any atom is 0.416 e. The molecule has 4 heteroatoms. The predicted octanol–water partition coefficient (Wildman–Crippen LogP) is 6.07. The first-order chi connectivity index (χ1) is 11.1. The Hall–Kier alpha value is -2.54. The summed E-state index contributed by atoms with van der Waals surface area (Å²) >= 11 is 0. The van der Waals surface area contributed by atoms with Crippen LogP contribution in [0.1, 0.15) is 43.0 Å². The third-order valence-electron chi connectivity index (χ3n) is 3.73. The number of benzene rings is 2. The first-order valence-corrected chi connectivity index (χ1v) is 7.51. The second kappa shape index (κ2) is 6.52. The molecule has 0 aromatic heterocycles. The number of nitriles is 1. The van der Waals surface area contributed by atoms with Crippen LogP contribution in [-0.2, 0) is 11.6 Å². The summed E-state index contributed by atoms with van der Waals surface area (Å²) in [5.74, 6) is 0. The van der Waals surface area contributed by atoms with Crippen LogP contribution in [0.25, 0.3) is 11.6 Å². The molecule has 24 heavy (non-hydrogen) atoms. The molecule has 124 valence electrons. The zero-order valence-corrected chi connectivity index (χ0v) is 13.8. The quantitative estimate of drug-likeness (QED) is 0.485. The van der Waals surface area contributed by atoms with Crippen molar-refractivity contribution in [2.45, 2.75) is 32.4 Å². The minimum Gasteiger partial charge on any atom is -0.192 e. The van der Waals surface area contributed by atoms with E-state index in [1.165, 1.54) is 17.7 Å². The smallest absolute Gasteiger partial charge is 0.192 e. The summed E-state index contributed by atoms with van der Waals surface area (Å²) in [5.41, 5.74) is 2.11. The normalized spacial score (nSPS) is 12.8. The number of rotatable bonds is 2. The van der Waals surface area contributed by atoms with Crippen LogP contribution in [-0.4, -0.2) is 0 Å². The van der Waals surface area contributed by atoms with E-state index in [9.17, 15) is 18.4 Å². The van der Waals surface area contributed by atoms with Gasteiger partial charge in [0.05, 0.1) is 17.2 Å². The largest absolute Gasteiger partial charge is 0.416 e. The summed E-state index contributed by atoms with van der Waals surface area (Å²) in [5, 5.41) is 9.31. The first-order valence-electron chi connectivity index (χ1n) is 7.51. The van der Waals surface area contributed by atoms with Gasteiger partial charge in [0.25, 0.3) is 0 Å². The second-order valence-electron chi connectivity index (χ2n) is 6.62. The number of hydrogen-bond acceptors (Lipinski definition) is 1. The van der Waals surface area contributed by atoms with Gasteiger partial charge in [0, 0.05) is 0 Å². The van der Waals surface area contributed by atoms with Crippen LogP contribution in [0.2, 0.25) is 0 Å². The Kier molecular flexibility index (Phi) is 4.84. The second-order valence-corrected chi connectivity index (χ2v) is 6.62. The van der Waals surface area contributed by atoms with Crippen LogP contribution in [0, 0.1) is 11.3 Å². The lowest BCUT2D eigenvalue weighted by molar-refractivity contribution is -0.137. The van der Waals surface area contributed by atoms with E-state index in [0.29, 0.717) is 11.1 Å². The Balaban J connectivity index is 2.31. The molecule has 0 amide bonds.